The predicted molar refractivity (Wildman–Crippen MR) is 88.8 cm³/mol. The highest BCUT2D eigenvalue weighted by Crippen LogP contribution is 2.25. The lowest BCUT2D eigenvalue weighted by atomic mass is 9.88. The van der Waals surface area contributed by atoms with Gasteiger partial charge in [-0.3, -0.25) is 9.35 Å². The van der Waals surface area contributed by atoms with Crippen LogP contribution in [0.4, 0.5) is 0 Å². The maximum absolute atomic E-state index is 12.3. The number of rotatable bonds is 6. The van der Waals surface area contributed by atoms with Crippen molar-refractivity contribution >= 4 is 16.0 Å². The molecule has 1 aromatic carbocycles. The van der Waals surface area contributed by atoms with Crippen LogP contribution in [0.25, 0.3) is 0 Å². The predicted octanol–water partition coefficient (Wildman–Crippen LogP) is 2.90. The molecule has 1 amide bonds. The number of carbonyl (C=O) groups excluding carboxylic acids is 1. The Labute approximate surface area is 138 Å². The van der Waals surface area contributed by atoms with Gasteiger partial charge in [0, 0.05) is 19.5 Å². The minimum atomic E-state index is -4.13. The van der Waals surface area contributed by atoms with E-state index < -0.39 is 10.1 Å². The van der Waals surface area contributed by atoms with Crippen molar-refractivity contribution in [2.45, 2.75) is 49.8 Å². The normalized spacial score (nSPS) is 16.3. The monoisotopic (exact) mass is 339 g/mol. The third-order valence-electron chi connectivity index (χ3n) is 4.51. The Morgan fingerprint density at radius 3 is 2.35 bits per heavy atom. The summed E-state index contributed by atoms with van der Waals surface area (Å²) in [5.41, 5.74) is 0.996. The van der Waals surface area contributed by atoms with E-state index in [0.717, 1.165) is 44.1 Å². The Balaban J connectivity index is 1.78. The van der Waals surface area contributed by atoms with E-state index >= 15 is 0 Å². The second-order valence-corrected chi connectivity index (χ2v) is 7.74. The highest BCUT2D eigenvalue weighted by molar-refractivity contribution is 7.85. The Morgan fingerprint density at radius 2 is 1.78 bits per heavy atom. The lowest BCUT2D eigenvalue weighted by Crippen LogP contribution is -2.34. The summed E-state index contributed by atoms with van der Waals surface area (Å²) < 4.78 is 30.9. The molecule has 1 N–H and O–H groups in total. The third kappa shape index (κ3) is 5.32. The van der Waals surface area contributed by atoms with Gasteiger partial charge in [0.2, 0.25) is 5.91 Å². The number of hydrogen-bond acceptors (Lipinski definition) is 3. The quantitative estimate of drug-likeness (QED) is 0.809. The van der Waals surface area contributed by atoms with Crippen LogP contribution in [-0.4, -0.2) is 37.4 Å². The van der Waals surface area contributed by atoms with Gasteiger partial charge >= 0.3 is 0 Å². The first-order valence-corrected chi connectivity index (χ1v) is 9.63. The van der Waals surface area contributed by atoms with E-state index in [1.54, 1.807) is 12.1 Å². The topological polar surface area (TPSA) is 74.7 Å². The first-order valence-electron chi connectivity index (χ1n) is 8.19. The van der Waals surface area contributed by atoms with Crippen molar-refractivity contribution in [2.24, 2.45) is 5.92 Å². The molecule has 0 aromatic heterocycles. The maximum Gasteiger partial charge on any atom is 0.294 e. The van der Waals surface area contributed by atoms with Crippen molar-refractivity contribution in [1.29, 1.82) is 0 Å². The van der Waals surface area contributed by atoms with E-state index in [-0.39, 0.29) is 16.7 Å². The van der Waals surface area contributed by atoms with Crippen molar-refractivity contribution in [3.63, 3.8) is 0 Å². The van der Waals surface area contributed by atoms with Crippen LogP contribution in [0, 0.1) is 5.92 Å². The maximum atomic E-state index is 12.3. The Bertz CT molecular complexity index is 618. The molecule has 0 atom stereocenters. The molecule has 0 aliphatic heterocycles. The number of benzene rings is 1. The van der Waals surface area contributed by atoms with Gasteiger partial charge in [0.25, 0.3) is 10.1 Å². The van der Waals surface area contributed by atoms with Crippen LogP contribution >= 0.6 is 0 Å². The molecule has 0 heterocycles. The zero-order valence-electron chi connectivity index (χ0n) is 13.6. The second-order valence-electron chi connectivity index (χ2n) is 6.32. The molecule has 6 heteroatoms. The fraction of sp³-hybridized carbons (Fsp3) is 0.588. The zero-order valence-corrected chi connectivity index (χ0v) is 14.4. The van der Waals surface area contributed by atoms with Crippen LogP contribution in [0.3, 0.4) is 0 Å². The molecular weight excluding hydrogens is 314 g/mol. The molecule has 2 rings (SSSR count). The van der Waals surface area contributed by atoms with Gasteiger partial charge in [-0.15, -0.1) is 0 Å². The van der Waals surface area contributed by atoms with E-state index in [9.17, 15) is 13.2 Å². The highest BCUT2D eigenvalue weighted by atomic mass is 32.2. The standard InChI is InChI=1S/C17H25NO4S/c1-18(17(19)15-7-3-2-4-8-15)13-5-6-14-9-11-16(12-10-14)23(20,21)22/h9-12,15H,2-8,13H2,1H3,(H,20,21,22). The summed E-state index contributed by atoms with van der Waals surface area (Å²) in [6, 6.07) is 6.21. The van der Waals surface area contributed by atoms with Crippen molar-refractivity contribution in [3.05, 3.63) is 29.8 Å². The summed E-state index contributed by atoms with van der Waals surface area (Å²) >= 11 is 0. The summed E-state index contributed by atoms with van der Waals surface area (Å²) in [6.07, 6.45) is 7.19. The number of hydrogen-bond donors (Lipinski definition) is 1. The molecule has 0 saturated heterocycles. The molecule has 0 unspecified atom stereocenters. The van der Waals surface area contributed by atoms with Crippen molar-refractivity contribution in [3.8, 4) is 0 Å². The first kappa shape index (κ1) is 17.9. The minimum absolute atomic E-state index is 0.0918. The fourth-order valence-electron chi connectivity index (χ4n) is 3.12. The number of carbonyl (C=O) groups is 1. The van der Waals surface area contributed by atoms with Crippen LogP contribution in [-0.2, 0) is 21.3 Å². The van der Waals surface area contributed by atoms with E-state index in [4.69, 9.17) is 4.55 Å². The summed E-state index contributed by atoms with van der Waals surface area (Å²) in [4.78, 5) is 14.1. The van der Waals surface area contributed by atoms with Gasteiger partial charge in [-0.25, -0.2) is 0 Å². The van der Waals surface area contributed by atoms with Gasteiger partial charge in [-0.2, -0.15) is 8.42 Å². The zero-order chi connectivity index (χ0) is 16.9. The van der Waals surface area contributed by atoms with Gasteiger partial charge in [0.05, 0.1) is 4.90 Å². The Morgan fingerprint density at radius 1 is 1.17 bits per heavy atom. The van der Waals surface area contributed by atoms with Crippen molar-refractivity contribution in [1.82, 2.24) is 4.90 Å². The van der Waals surface area contributed by atoms with Crippen molar-refractivity contribution < 1.29 is 17.8 Å². The number of amides is 1. The van der Waals surface area contributed by atoms with Gasteiger partial charge in [0.15, 0.2) is 0 Å². The van der Waals surface area contributed by atoms with Crippen LogP contribution < -0.4 is 0 Å². The van der Waals surface area contributed by atoms with Gasteiger partial charge in [0.1, 0.15) is 0 Å². The Kier molecular flexibility index (Phi) is 6.18. The molecule has 0 spiro atoms. The first-order chi connectivity index (χ1) is 10.9. The van der Waals surface area contributed by atoms with Crippen LogP contribution in [0.2, 0.25) is 0 Å². The van der Waals surface area contributed by atoms with Gasteiger partial charge in [-0.05, 0) is 43.4 Å². The lowest BCUT2D eigenvalue weighted by Gasteiger charge is -2.26. The van der Waals surface area contributed by atoms with Crippen LogP contribution in [0.1, 0.15) is 44.1 Å². The lowest BCUT2D eigenvalue weighted by molar-refractivity contribution is -0.135. The molecular formula is C17H25NO4S. The van der Waals surface area contributed by atoms with Crippen LogP contribution in [0.5, 0.6) is 0 Å². The van der Waals surface area contributed by atoms with E-state index in [1.165, 1.54) is 18.6 Å². The van der Waals surface area contributed by atoms with Gasteiger partial charge in [-0.1, -0.05) is 31.4 Å². The molecule has 0 bridgehead atoms. The summed E-state index contributed by atoms with van der Waals surface area (Å²) in [7, 11) is -2.27. The number of aryl methyl sites for hydroxylation is 1. The molecule has 1 aliphatic carbocycles. The molecule has 1 saturated carbocycles. The average Bonchev–Trinajstić information content (AvgIpc) is 2.54. The van der Waals surface area contributed by atoms with E-state index in [2.05, 4.69) is 0 Å². The molecule has 23 heavy (non-hydrogen) atoms. The van der Waals surface area contributed by atoms with E-state index in [0.29, 0.717) is 6.54 Å². The molecule has 1 aliphatic rings. The largest absolute Gasteiger partial charge is 0.346 e. The fourth-order valence-corrected chi connectivity index (χ4v) is 3.60. The molecule has 128 valence electrons. The van der Waals surface area contributed by atoms with Gasteiger partial charge < -0.3 is 4.90 Å². The molecule has 1 fully saturated rings. The SMILES string of the molecule is CN(CCCc1ccc(S(=O)(=O)O)cc1)C(=O)C1CCCCC1. The molecule has 1 aromatic rings. The Hall–Kier alpha value is -1.40. The smallest absolute Gasteiger partial charge is 0.294 e. The average molecular weight is 339 g/mol. The molecule has 0 radical (unpaired) electrons. The summed E-state index contributed by atoms with van der Waals surface area (Å²) in [5, 5.41) is 0. The summed E-state index contributed by atoms with van der Waals surface area (Å²) in [5.74, 6) is 0.453. The highest BCUT2D eigenvalue weighted by Gasteiger charge is 2.23. The summed E-state index contributed by atoms with van der Waals surface area (Å²) in [6.45, 7) is 0.704. The van der Waals surface area contributed by atoms with Crippen molar-refractivity contribution in [2.75, 3.05) is 13.6 Å². The number of nitrogens with zero attached hydrogens (tertiary/aromatic N) is 1. The minimum Gasteiger partial charge on any atom is -0.346 e. The second kappa shape index (κ2) is 7.93. The third-order valence-corrected chi connectivity index (χ3v) is 5.38. The molecule has 5 nitrogen and oxygen atoms in total. The van der Waals surface area contributed by atoms with E-state index in [1.807, 2.05) is 11.9 Å². The van der Waals surface area contributed by atoms with Crippen LogP contribution in [0.15, 0.2) is 29.2 Å².